The number of nitrogens with one attached hydrogen (secondary N) is 2. The first-order chi connectivity index (χ1) is 21.4. The van der Waals surface area contributed by atoms with Gasteiger partial charge in [0.25, 0.3) is 5.91 Å². The molecule has 0 bridgehead atoms. The SMILES string of the molecule is CC(O)C([NH3+])C(=O)N1CC(O)CC1C(=O)NC(C(=O)NC(C(=O)N1CC(C)C(O)C1C(N)=O)C(C)O)C(O)Cc1ccc(O)cc1. The molecule has 0 spiro atoms. The van der Waals surface area contributed by atoms with Crippen LogP contribution in [-0.4, -0.2) is 144 Å². The van der Waals surface area contributed by atoms with Gasteiger partial charge in [0.1, 0.15) is 36.0 Å². The van der Waals surface area contributed by atoms with Crippen molar-refractivity contribution in [3.05, 3.63) is 29.8 Å². The number of aliphatic hydroxyl groups excluding tert-OH is 5. The number of aromatic hydroxyl groups is 1. The summed E-state index contributed by atoms with van der Waals surface area (Å²) in [4.78, 5) is 67.8. The number of rotatable bonds is 12. The smallest absolute Gasteiger partial charge is 0.284 e. The van der Waals surface area contributed by atoms with Gasteiger partial charge in [0, 0.05) is 31.8 Å². The number of carbonyl (C=O) groups excluding carboxylic acids is 5. The molecule has 46 heavy (non-hydrogen) atoms. The van der Waals surface area contributed by atoms with E-state index in [-0.39, 0.29) is 31.7 Å². The van der Waals surface area contributed by atoms with Gasteiger partial charge in [-0.05, 0) is 31.5 Å². The highest BCUT2D eigenvalue weighted by molar-refractivity contribution is 5.96. The van der Waals surface area contributed by atoms with E-state index in [4.69, 9.17) is 5.73 Å². The largest absolute Gasteiger partial charge is 0.508 e. The Balaban J connectivity index is 1.90. The first kappa shape index (κ1) is 36.6. The summed E-state index contributed by atoms with van der Waals surface area (Å²) in [7, 11) is 0. The lowest BCUT2D eigenvalue weighted by Crippen LogP contribution is -2.73. The number of nitrogens with zero attached hydrogens (tertiary/aromatic N) is 2. The van der Waals surface area contributed by atoms with Crippen molar-refractivity contribution in [1.29, 1.82) is 0 Å². The molecular weight excluding hydrogens is 608 g/mol. The summed E-state index contributed by atoms with van der Waals surface area (Å²) in [6.45, 7) is 3.76. The molecule has 2 saturated heterocycles. The van der Waals surface area contributed by atoms with Gasteiger partial charge in [-0.2, -0.15) is 0 Å². The number of phenols is 1. The molecule has 2 aliphatic rings. The van der Waals surface area contributed by atoms with E-state index in [1.165, 1.54) is 38.1 Å². The molecule has 17 nitrogen and oxygen atoms in total. The first-order valence-electron chi connectivity index (χ1n) is 15.0. The Morgan fingerprint density at radius 2 is 1.54 bits per heavy atom. The van der Waals surface area contributed by atoms with Crippen LogP contribution in [0.3, 0.4) is 0 Å². The summed E-state index contributed by atoms with van der Waals surface area (Å²) in [5.74, 6) is -5.30. The van der Waals surface area contributed by atoms with Crippen molar-refractivity contribution < 1.29 is 60.3 Å². The van der Waals surface area contributed by atoms with Crippen LogP contribution in [0, 0.1) is 5.92 Å². The molecule has 0 radical (unpaired) electrons. The Morgan fingerprint density at radius 3 is 2.09 bits per heavy atom. The van der Waals surface area contributed by atoms with Crippen molar-refractivity contribution in [2.24, 2.45) is 11.7 Å². The molecule has 3 rings (SSSR count). The number of hydrogen-bond donors (Lipinski definition) is 10. The number of hydrogen-bond acceptors (Lipinski definition) is 11. The number of quaternary nitrogens is 1. The first-order valence-corrected chi connectivity index (χ1v) is 15.0. The number of aliphatic hydroxyl groups is 5. The van der Waals surface area contributed by atoms with Crippen LogP contribution in [0.2, 0.25) is 0 Å². The quantitative estimate of drug-likeness (QED) is 0.101. The Labute approximate surface area is 265 Å². The summed E-state index contributed by atoms with van der Waals surface area (Å²) in [5.41, 5.74) is 9.48. The lowest BCUT2D eigenvalue weighted by atomic mass is 9.99. The molecule has 2 heterocycles. The standard InChI is InChI=1S/C29H44N6O11/c1-12-10-35(23(24(12)41)25(31)42)29(46)21(14(3)37)32-27(44)22(19(40)8-15-4-6-16(38)7-5-15)33-26(43)18-9-17(39)11-34(18)28(45)20(30)13(2)36/h4-7,12-14,17-24,36-41H,8-11,30H2,1-3H3,(H2,31,42)(H,32,44)(H,33,43)/p+1. The van der Waals surface area contributed by atoms with Crippen molar-refractivity contribution in [1.82, 2.24) is 20.4 Å². The molecule has 1 aromatic carbocycles. The van der Waals surface area contributed by atoms with E-state index < -0.39 is 96.2 Å². The predicted molar refractivity (Wildman–Crippen MR) is 158 cm³/mol. The van der Waals surface area contributed by atoms with Crippen molar-refractivity contribution in [2.75, 3.05) is 13.1 Å². The minimum Gasteiger partial charge on any atom is -0.508 e. The summed E-state index contributed by atoms with van der Waals surface area (Å²) in [6.07, 6.45) is -7.21. The van der Waals surface area contributed by atoms with Crippen LogP contribution in [0.1, 0.15) is 32.8 Å². The van der Waals surface area contributed by atoms with Crippen molar-refractivity contribution >= 4 is 29.5 Å². The van der Waals surface area contributed by atoms with Gasteiger partial charge in [-0.1, -0.05) is 19.1 Å². The van der Waals surface area contributed by atoms with E-state index >= 15 is 0 Å². The molecule has 13 N–H and O–H groups in total. The third-order valence-corrected chi connectivity index (χ3v) is 8.46. The van der Waals surface area contributed by atoms with Crippen molar-refractivity contribution in [2.45, 2.75) is 94.3 Å². The number of primary amides is 1. The van der Waals surface area contributed by atoms with E-state index in [0.717, 1.165) is 9.80 Å². The Bertz CT molecular complexity index is 1280. The molecule has 2 fully saturated rings. The molecule has 5 amide bonds. The average Bonchev–Trinajstić information content (AvgIpc) is 3.52. The maximum absolute atomic E-state index is 13.7. The summed E-state index contributed by atoms with van der Waals surface area (Å²) >= 11 is 0. The van der Waals surface area contributed by atoms with Gasteiger partial charge in [0.15, 0.2) is 6.04 Å². The van der Waals surface area contributed by atoms with Gasteiger partial charge in [-0.25, -0.2) is 0 Å². The third-order valence-electron chi connectivity index (χ3n) is 8.46. The topological polar surface area (TPSA) is 291 Å². The van der Waals surface area contributed by atoms with E-state index in [1.54, 1.807) is 6.92 Å². The van der Waals surface area contributed by atoms with Crippen LogP contribution in [0.15, 0.2) is 24.3 Å². The number of amides is 5. The number of β-amino-alcohol motifs (C(OH)–C–C–N with tert-alkyl or cyclic N) is 1. The van der Waals surface area contributed by atoms with Crippen LogP contribution < -0.4 is 22.1 Å². The zero-order chi connectivity index (χ0) is 34.6. The van der Waals surface area contributed by atoms with E-state index in [1.807, 2.05) is 0 Å². The van der Waals surface area contributed by atoms with E-state index in [9.17, 15) is 54.6 Å². The molecule has 0 saturated carbocycles. The molecule has 11 unspecified atom stereocenters. The van der Waals surface area contributed by atoms with Crippen LogP contribution >= 0.6 is 0 Å². The Morgan fingerprint density at radius 1 is 0.935 bits per heavy atom. The monoisotopic (exact) mass is 653 g/mol. The fourth-order valence-corrected chi connectivity index (χ4v) is 5.69. The number of nitrogens with two attached hydrogens (primary N) is 1. The average molecular weight is 654 g/mol. The Kier molecular flexibility index (Phi) is 12.0. The van der Waals surface area contributed by atoms with Gasteiger partial charge in [0.2, 0.25) is 23.6 Å². The van der Waals surface area contributed by atoms with E-state index in [2.05, 4.69) is 16.4 Å². The minimum absolute atomic E-state index is 0.0554. The lowest BCUT2D eigenvalue weighted by Gasteiger charge is -2.32. The van der Waals surface area contributed by atoms with Gasteiger partial charge in [-0.3, -0.25) is 24.0 Å². The third kappa shape index (κ3) is 8.28. The molecule has 0 aliphatic carbocycles. The normalized spacial score (nSPS) is 26.8. The van der Waals surface area contributed by atoms with Crippen LogP contribution in [0.25, 0.3) is 0 Å². The number of benzene rings is 1. The van der Waals surface area contributed by atoms with Gasteiger partial charge >= 0.3 is 0 Å². The van der Waals surface area contributed by atoms with Gasteiger partial charge in [-0.15, -0.1) is 0 Å². The molecule has 0 aromatic heterocycles. The second-order valence-electron chi connectivity index (χ2n) is 12.2. The molecule has 2 aliphatic heterocycles. The second kappa shape index (κ2) is 15.1. The van der Waals surface area contributed by atoms with Gasteiger partial charge in [0.05, 0.1) is 24.4 Å². The highest BCUT2D eigenvalue weighted by Crippen LogP contribution is 2.25. The van der Waals surface area contributed by atoms with E-state index in [0.29, 0.717) is 5.56 Å². The van der Waals surface area contributed by atoms with Crippen LogP contribution in [-0.2, 0) is 30.4 Å². The lowest BCUT2D eigenvalue weighted by molar-refractivity contribution is -0.421. The zero-order valence-corrected chi connectivity index (χ0v) is 25.9. The maximum Gasteiger partial charge on any atom is 0.284 e. The number of phenolic OH excluding ortho intramolecular Hbond substituents is 1. The molecule has 17 heteroatoms. The number of carbonyl (C=O) groups is 5. The highest BCUT2D eigenvalue weighted by Gasteiger charge is 2.48. The highest BCUT2D eigenvalue weighted by atomic mass is 16.3. The fraction of sp³-hybridized carbons (Fsp3) is 0.621. The second-order valence-corrected chi connectivity index (χ2v) is 12.2. The number of likely N-dealkylation sites (tertiary alicyclic amines) is 2. The molecule has 11 atom stereocenters. The molecular formula is C29H45N6O11+. The Hall–Kier alpha value is -3.87. The zero-order valence-electron chi connectivity index (χ0n) is 25.9. The molecule has 1 aromatic rings. The fourth-order valence-electron chi connectivity index (χ4n) is 5.69. The van der Waals surface area contributed by atoms with Crippen molar-refractivity contribution in [3.8, 4) is 5.75 Å². The van der Waals surface area contributed by atoms with Crippen LogP contribution in [0.4, 0.5) is 0 Å². The van der Waals surface area contributed by atoms with Crippen molar-refractivity contribution in [3.63, 3.8) is 0 Å². The maximum atomic E-state index is 13.7. The summed E-state index contributed by atoms with van der Waals surface area (Å²) < 4.78 is 0. The van der Waals surface area contributed by atoms with Gasteiger partial charge < -0.3 is 62.5 Å². The molecule has 256 valence electrons. The minimum atomic E-state index is -1.78. The summed E-state index contributed by atoms with van der Waals surface area (Å²) in [6, 6.07) is -1.73. The van der Waals surface area contributed by atoms with Crippen LogP contribution in [0.5, 0.6) is 5.75 Å². The predicted octanol–water partition coefficient (Wildman–Crippen LogP) is -5.71. The summed E-state index contributed by atoms with van der Waals surface area (Å²) in [5, 5.41) is 66.6.